The van der Waals surface area contributed by atoms with Crippen LogP contribution in [0, 0.1) is 22.7 Å². The van der Waals surface area contributed by atoms with Crippen LogP contribution in [0.2, 0.25) is 0 Å². The van der Waals surface area contributed by atoms with Gasteiger partial charge in [-0.1, -0.05) is 55.4 Å². The molecule has 114 valence electrons. The Bertz CT molecular complexity index is 311. The fourth-order valence-corrected chi connectivity index (χ4v) is 2.45. The summed E-state index contributed by atoms with van der Waals surface area (Å²) >= 11 is 0. The average molecular weight is 269 g/mol. The first-order valence-electron chi connectivity index (χ1n) is 7.56. The summed E-state index contributed by atoms with van der Waals surface area (Å²) < 4.78 is 0. The van der Waals surface area contributed by atoms with Crippen molar-refractivity contribution < 1.29 is 4.79 Å². The van der Waals surface area contributed by atoms with E-state index in [2.05, 4.69) is 60.7 Å². The maximum Gasteiger partial charge on any atom is 0.226 e. The van der Waals surface area contributed by atoms with Crippen molar-refractivity contribution >= 4 is 5.91 Å². The topological polar surface area (TPSA) is 29.1 Å². The first kappa shape index (κ1) is 18.5. The van der Waals surface area contributed by atoms with Crippen LogP contribution in [-0.2, 0) is 4.79 Å². The second-order valence-corrected chi connectivity index (χ2v) is 8.44. The van der Waals surface area contributed by atoms with Crippen molar-refractivity contribution in [3.63, 3.8) is 0 Å². The standard InChI is InChI=1S/C17H35NO/c1-12(2)11-15(5,6)14(19)18-17(9,10)16(7,8)13(3)4/h12-13H,11H2,1-10H3,(H,18,19). The zero-order chi connectivity index (χ0) is 15.6. The van der Waals surface area contributed by atoms with E-state index in [0.717, 1.165) is 6.42 Å². The number of nitrogens with one attached hydrogen (secondary N) is 1. The summed E-state index contributed by atoms with van der Waals surface area (Å²) in [5.74, 6) is 1.21. The summed E-state index contributed by atoms with van der Waals surface area (Å²) in [6.07, 6.45) is 0.914. The van der Waals surface area contributed by atoms with Gasteiger partial charge in [-0.15, -0.1) is 0 Å². The molecule has 0 aromatic carbocycles. The lowest BCUT2D eigenvalue weighted by Gasteiger charge is -2.46. The second-order valence-electron chi connectivity index (χ2n) is 8.44. The molecule has 0 aliphatic carbocycles. The van der Waals surface area contributed by atoms with Gasteiger partial charge < -0.3 is 5.32 Å². The van der Waals surface area contributed by atoms with Gasteiger partial charge in [0.05, 0.1) is 0 Å². The minimum absolute atomic E-state index is 0.0522. The normalized spacial score (nSPS) is 14.1. The van der Waals surface area contributed by atoms with Gasteiger partial charge in [0.2, 0.25) is 5.91 Å². The van der Waals surface area contributed by atoms with Crippen LogP contribution in [0.3, 0.4) is 0 Å². The van der Waals surface area contributed by atoms with Gasteiger partial charge in [0.25, 0.3) is 0 Å². The lowest BCUT2D eigenvalue weighted by Crippen LogP contribution is -2.58. The molecule has 1 amide bonds. The Hall–Kier alpha value is -0.530. The third kappa shape index (κ3) is 4.50. The Morgan fingerprint density at radius 3 is 1.68 bits per heavy atom. The Morgan fingerprint density at radius 1 is 0.947 bits per heavy atom. The highest BCUT2D eigenvalue weighted by molar-refractivity contribution is 5.82. The molecule has 0 radical (unpaired) electrons. The van der Waals surface area contributed by atoms with Crippen LogP contribution < -0.4 is 5.32 Å². The summed E-state index contributed by atoms with van der Waals surface area (Å²) in [5.41, 5.74) is -0.471. The van der Waals surface area contributed by atoms with E-state index < -0.39 is 0 Å². The number of amides is 1. The minimum atomic E-state index is -0.307. The quantitative estimate of drug-likeness (QED) is 0.748. The minimum Gasteiger partial charge on any atom is -0.350 e. The first-order valence-corrected chi connectivity index (χ1v) is 7.56. The van der Waals surface area contributed by atoms with E-state index in [1.807, 2.05) is 13.8 Å². The van der Waals surface area contributed by atoms with E-state index in [4.69, 9.17) is 0 Å². The first-order chi connectivity index (χ1) is 8.24. The van der Waals surface area contributed by atoms with Gasteiger partial charge in [-0.25, -0.2) is 0 Å². The van der Waals surface area contributed by atoms with E-state index >= 15 is 0 Å². The molecule has 0 atom stereocenters. The van der Waals surface area contributed by atoms with Crippen molar-refractivity contribution in [3.8, 4) is 0 Å². The van der Waals surface area contributed by atoms with Crippen LogP contribution in [-0.4, -0.2) is 11.4 Å². The molecule has 0 fully saturated rings. The molecule has 0 spiro atoms. The number of carbonyl (C=O) groups is 1. The summed E-state index contributed by atoms with van der Waals surface area (Å²) in [5, 5.41) is 3.28. The Labute approximate surface area is 120 Å². The SMILES string of the molecule is CC(C)CC(C)(C)C(=O)NC(C)(C)C(C)(C)C(C)C. The van der Waals surface area contributed by atoms with Crippen molar-refractivity contribution in [1.82, 2.24) is 5.32 Å². The number of rotatable bonds is 6. The molecule has 0 rings (SSSR count). The van der Waals surface area contributed by atoms with Gasteiger partial charge in [-0.2, -0.15) is 0 Å². The Morgan fingerprint density at radius 2 is 1.37 bits per heavy atom. The van der Waals surface area contributed by atoms with E-state index in [1.54, 1.807) is 0 Å². The number of hydrogen-bond acceptors (Lipinski definition) is 1. The van der Waals surface area contributed by atoms with Crippen LogP contribution in [0.5, 0.6) is 0 Å². The molecule has 2 heteroatoms. The van der Waals surface area contributed by atoms with Crippen LogP contribution in [0.1, 0.15) is 75.7 Å². The van der Waals surface area contributed by atoms with Crippen molar-refractivity contribution in [1.29, 1.82) is 0 Å². The highest BCUT2D eigenvalue weighted by Gasteiger charge is 2.42. The van der Waals surface area contributed by atoms with Crippen LogP contribution in [0.15, 0.2) is 0 Å². The smallest absolute Gasteiger partial charge is 0.226 e. The monoisotopic (exact) mass is 269 g/mol. The summed E-state index contributed by atoms with van der Waals surface area (Å²) in [4.78, 5) is 12.6. The van der Waals surface area contributed by atoms with Gasteiger partial charge in [0.15, 0.2) is 0 Å². The summed E-state index contributed by atoms with van der Waals surface area (Å²) in [6, 6.07) is 0. The van der Waals surface area contributed by atoms with Gasteiger partial charge in [-0.3, -0.25) is 4.79 Å². The molecule has 0 aromatic rings. The fourth-order valence-electron chi connectivity index (χ4n) is 2.45. The maximum absolute atomic E-state index is 12.6. The summed E-state index contributed by atoms with van der Waals surface area (Å²) in [6.45, 7) is 21.6. The molecule has 0 unspecified atom stereocenters. The molecule has 1 N–H and O–H groups in total. The zero-order valence-electron chi connectivity index (χ0n) is 14.8. The number of hydrogen-bond donors (Lipinski definition) is 1. The largest absolute Gasteiger partial charge is 0.350 e. The molecule has 0 saturated carbocycles. The molecule has 0 aliphatic heterocycles. The zero-order valence-corrected chi connectivity index (χ0v) is 14.8. The van der Waals surface area contributed by atoms with Gasteiger partial charge in [-0.05, 0) is 37.5 Å². The molecule has 19 heavy (non-hydrogen) atoms. The van der Waals surface area contributed by atoms with Crippen molar-refractivity contribution in [3.05, 3.63) is 0 Å². The molecule has 0 aromatic heterocycles. The maximum atomic E-state index is 12.6. The van der Waals surface area contributed by atoms with E-state index in [9.17, 15) is 4.79 Å². The third-order valence-electron chi connectivity index (χ3n) is 5.01. The van der Waals surface area contributed by atoms with Crippen molar-refractivity contribution in [2.24, 2.45) is 22.7 Å². The molecular weight excluding hydrogens is 234 g/mol. The molecule has 0 bridgehead atoms. The van der Waals surface area contributed by atoms with Gasteiger partial charge >= 0.3 is 0 Å². The lowest BCUT2D eigenvalue weighted by atomic mass is 9.66. The molecule has 0 aliphatic rings. The fraction of sp³-hybridized carbons (Fsp3) is 0.941. The molecular formula is C17H35NO. The van der Waals surface area contributed by atoms with Gasteiger partial charge in [0, 0.05) is 11.0 Å². The predicted octanol–water partition coefficient (Wildman–Crippen LogP) is 4.64. The predicted molar refractivity (Wildman–Crippen MR) is 84.1 cm³/mol. The Balaban J connectivity index is 4.99. The molecule has 0 heterocycles. The van der Waals surface area contributed by atoms with Crippen molar-refractivity contribution in [2.75, 3.05) is 0 Å². The molecule has 0 saturated heterocycles. The highest BCUT2D eigenvalue weighted by atomic mass is 16.2. The van der Waals surface area contributed by atoms with Crippen molar-refractivity contribution in [2.45, 2.75) is 81.2 Å². The lowest BCUT2D eigenvalue weighted by molar-refractivity contribution is -0.133. The third-order valence-corrected chi connectivity index (χ3v) is 5.01. The average Bonchev–Trinajstić information content (AvgIpc) is 2.13. The van der Waals surface area contributed by atoms with E-state index in [-0.39, 0.29) is 22.3 Å². The summed E-state index contributed by atoms with van der Waals surface area (Å²) in [7, 11) is 0. The van der Waals surface area contributed by atoms with Crippen LogP contribution in [0.4, 0.5) is 0 Å². The van der Waals surface area contributed by atoms with Crippen LogP contribution in [0.25, 0.3) is 0 Å². The second kappa shape index (κ2) is 5.85. The van der Waals surface area contributed by atoms with E-state index in [0.29, 0.717) is 11.8 Å². The van der Waals surface area contributed by atoms with Crippen LogP contribution >= 0.6 is 0 Å². The van der Waals surface area contributed by atoms with Gasteiger partial charge in [0.1, 0.15) is 0 Å². The molecule has 2 nitrogen and oxygen atoms in total. The Kier molecular flexibility index (Phi) is 5.68. The number of carbonyl (C=O) groups excluding carboxylic acids is 1. The van der Waals surface area contributed by atoms with E-state index in [1.165, 1.54) is 0 Å². The highest BCUT2D eigenvalue weighted by Crippen LogP contribution is 2.38.